The van der Waals surface area contributed by atoms with E-state index in [2.05, 4.69) is 103 Å². The van der Waals surface area contributed by atoms with Crippen molar-refractivity contribution >= 4 is 17.1 Å². The van der Waals surface area contributed by atoms with Crippen LogP contribution in [0.25, 0.3) is 0 Å². The summed E-state index contributed by atoms with van der Waals surface area (Å²) in [4.78, 5) is 4.86. The van der Waals surface area contributed by atoms with E-state index in [9.17, 15) is 0 Å². The minimum absolute atomic E-state index is 0.475. The molecule has 27 heavy (non-hydrogen) atoms. The second-order valence-corrected chi connectivity index (χ2v) is 8.07. The summed E-state index contributed by atoms with van der Waals surface area (Å²) in [5, 5.41) is 3.67. The predicted molar refractivity (Wildman–Crippen MR) is 121 cm³/mol. The minimum Gasteiger partial charge on any atom is -0.359 e. The number of allylic oxidation sites excluding steroid dienone is 2. The SMILES string of the molecule is CC(/C=C(\C)Nc1c(C(C)C)cccc1C(C)C)=Nc1c(C)cccc1C. The van der Waals surface area contributed by atoms with Crippen molar-refractivity contribution in [3.8, 4) is 0 Å². The second kappa shape index (κ2) is 9.03. The zero-order valence-corrected chi connectivity index (χ0v) is 18.1. The van der Waals surface area contributed by atoms with Crippen LogP contribution >= 0.6 is 0 Å². The van der Waals surface area contributed by atoms with Gasteiger partial charge in [0.2, 0.25) is 0 Å². The number of hydrogen-bond donors (Lipinski definition) is 1. The molecule has 0 amide bonds. The van der Waals surface area contributed by atoms with E-state index in [-0.39, 0.29) is 0 Å². The summed E-state index contributed by atoms with van der Waals surface area (Å²) < 4.78 is 0. The maximum atomic E-state index is 4.86. The highest BCUT2D eigenvalue weighted by Gasteiger charge is 2.13. The molecule has 0 spiro atoms. The van der Waals surface area contributed by atoms with Crippen molar-refractivity contribution in [2.45, 2.75) is 67.2 Å². The summed E-state index contributed by atoms with van der Waals surface area (Å²) in [6.45, 7) is 17.4. The largest absolute Gasteiger partial charge is 0.359 e. The Balaban J connectivity index is 2.37. The fourth-order valence-electron chi connectivity index (χ4n) is 3.43. The smallest absolute Gasteiger partial charge is 0.0691 e. The molecule has 0 aliphatic rings. The third kappa shape index (κ3) is 5.32. The third-order valence-electron chi connectivity index (χ3n) is 4.85. The van der Waals surface area contributed by atoms with Gasteiger partial charge in [-0.05, 0) is 67.9 Å². The maximum absolute atomic E-state index is 4.86. The first-order chi connectivity index (χ1) is 12.7. The molecule has 0 saturated carbocycles. The second-order valence-electron chi connectivity index (χ2n) is 8.07. The van der Waals surface area contributed by atoms with Crippen molar-refractivity contribution in [2.75, 3.05) is 5.32 Å². The Morgan fingerprint density at radius 1 is 0.852 bits per heavy atom. The standard InChI is InChI=1S/C25H34N2/c1-16(2)22-13-10-14-23(17(3)4)25(22)27-21(8)15-20(7)26-24-18(5)11-9-12-19(24)6/h9-17,27H,1-8H3/b21-15+,26-20?. The number of para-hydroxylation sites is 2. The Morgan fingerprint density at radius 3 is 1.81 bits per heavy atom. The third-order valence-corrected chi connectivity index (χ3v) is 4.85. The highest BCUT2D eigenvalue weighted by atomic mass is 14.9. The van der Waals surface area contributed by atoms with Gasteiger partial charge in [-0.2, -0.15) is 0 Å². The molecular weight excluding hydrogens is 328 g/mol. The summed E-state index contributed by atoms with van der Waals surface area (Å²) in [6.07, 6.45) is 2.13. The van der Waals surface area contributed by atoms with E-state index in [1.807, 2.05) is 0 Å². The molecule has 2 rings (SSSR count). The number of anilines is 1. The zero-order chi connectivity index (χ0) is 20.1. The lowest BCUT2D eigenvalue weighted by Crippen LogP contribution is -2.07. The predicted octanol–water partition coefficient (Wildman–Crippen LogP) is 7.66. The van der Waals surface area contributed by atoms with Gasteiger partial charge in [0, 0.05) is 17.1 Å². The number of hydrogen-bond acceptors (Lipinski definition) is 2. The summed E-state index contributed by atoms with van der Waals surface area (Å²) in [5.74, 6) is 0.951. The molecule has 144 valence electrons. The summed E-state index contributed by atoms with van der Waals surface area (Å²) >= 11 is 0. The van der Waals surface area contributed by atoms with Gasteiger partial charge in [0.15, 0.2) is 0 Å². The molecule has 2 heteroatoms. The Kier molecular flexibility index (Phi) is 7.01. The molecule has 0 bridgehead atoms. The molecular formula is C25H34N2. The first kappa shape index (κ1) is 21.0. The van der Waals surface area contributed by atoms with Gasteiger partial charge >= 0.3 is 0 Å². The monoisotopic (exact) mass is 362 g/mol. The van der Waals surface area contributed by atoms with Crippen molar-refractivity contribution in [2.24, 2.45) is 4.99 Å². The highest BCUT2D eigenvalue weighted by Crippen LogP contribution is 2.33. The molecule has 0 aliphatic carbocycles. The van der Waals surface area contributed by atoms with Gasteiger partial charge in [-0.1, -0.05) is 64.1 Å². The molecule has 0 unspecified atom stereocenters. The van der Waals surface area contributed by atoms with E-state index in [0.717, 1.165) is 17.1 Å². The molecule has 0 atom stereocenters. The molecule has 0 fully saturated rings. The number of benzene rings is 2. The van der Waals surface area contributed by atoms with E-state index >= 15 is 0 Å². The Morgan fingerprint density at radius 2 is 1.33 bits per heavy atom. The molecule has 0 saturated heterocycles. The van der Waals surface area contributed by atoms with Gasteiger partial charge < -0.3 is 5.32 Å². The lowest BCUT2D eigenvalue weighted by atomic mass is 9.92. The number of aryl methyl sites for hydroxylation is 2. The lowest BCUT2D eigenvalue weighted by Gasteiger charge is -2.21. The lowest BCUT2D eigenvalue weighted by molar-refractivity contribution is 0.837. The number of nitrogens with one attached hydrogen (secondary N) is 1. The zero-order valence-electron chi connectivity index (χ0n) is 18.1. The van der Waals surface area contributed by atoms with Gasteiger partial charge in [0.25, 0.3) is 0 Å². The Bertz CT molecular complexity index is 808. The van der Waals surface area contributed by atoms with E-state index in [0.29, 0.717) is 11.8 Å². The van der Waals surface area contributed by atoms with Crippen LogP contribution in [-0.2, 0) is 0 Å². The Hall–Kier alpha value is -2.35. The van der Waals surface area contributed by atoms with Crippen LogP contribution in [-0.4, -0.2) is 5.71 Å². The summed E-state index contributed by atoms with van der Waals surface area (Å²) in [6, 6.07) is 12.9. The van der Waals surface area contributed by atoms with Gasteiger partial charge in [0.05, 0.1) is 5.69 Å². The van der Waals surface area contributed by atoms with Gasteiger partial charge in [0.1, 0.15) is 0 Å². The van der Waals surface area contributed by atoms with Crippen LogP contribution in [0.3, 0.4) is 0 Å². The molecule has 1 N–H and O–H groups in total. The van der Waals surface area contributed by atoms with Crippen molar-refractivity contribution in [1.29, 1.82) is 0 Å². The fourth-order valence-corrected chi connectivity index (χ4v) is 3.43. The highest BCUT2D eigenvalue weighted by molar-refractivity contribution is 5.96. The average Bonchev–Trinajstić information content (AvgIpc) is 2.57. The molecule has 2 nitrogen and oxygen atoms in total. The summed E-state index contributed by atoms with van der Waals surface area (Å²) in [5.41, 5.74) is 9.57. The van der Waals surface area contributed by atoms with Gasteiger partial charge in [-0.15, -0.1) is 0 Å². The van der Waals surface area contributed by atoms with Crippen LogP contribution in [0.2, 0.25) is 0 Å². The quantitative estimate of drug-likeness (QED) is 0.524. The maximum Gasteiger partial charge on any atom is 0.0691 e. The number of rotatable bonds is 6. The number of aliphatic imine (C=N–C) groups is 1. The van der Waals surface area contributed by atoms with Gasteiger partial charge in [-0.25, -0.2) is 0 Å². The van der Waals surface area contributed by atoms with E-state index < -0.39 is 0 Å². The molecule has 0 radical (unpaired) electrons. The normalized spacial score (nSPS) is 12.8. The first-order valence-electron chi connectivity index (χ1n) is 9.90. The summed E-state index contributed by atoms with van der Waals surface area (Å²) in [7, 11) is 0. The number of nitrogens with zero attached hydrogens (tertiary/aromatic N) is 1. The van der Waals surface area contributed by atoms with Crippen molar-refractivity contribution in [3.63, 3.8) is 0 Å². The molecule has 2 aromatic carbocycles. The van der Waals surface area contributed by atoms with E-state index in [1.54, 1.807) is 0 Å². The fraction of sp³-hybridized carbons (Fsp3) is 0.400. The average molecular weight is 363 g/mol. The van der Waals surface area contributed by atoms with E-state index in [1.165, 1.54) is 27.9 Å². The molecule has 0 aliphatic heterocycles. The van der Waals surface area contributed by atoms with Crippen LogP contribution in [0.1, 0.15) is 75.6 Å². The molecule has 0 aromatic heterocycles. The van der Waals surface area contributed by atoms with Crippen LogP contribution in [0.4, 0.5) is 11.4 Å². The van der Waals surface area contributed by atoms with E-state index in [4.69, 9.17) is 4.99 Å². The molecule has 0 heterocycles. The van der Waals surface area contributed by atoms with Crippen LogP contribution < -0.4 is 5.32 Å². The van der Waals surface area contributed by atoms with Gasteiger partial charge in [-0.3, -0.25) is 4.99 Å². The minimum atomic E-state index is 0.475. The molecule has 2 aromatic rings. The van der Waals surface area contributed by atoms with Crippen LogP contribution in [0.15, 0.2) is 53.2 Å². The van der Waals surface area contributed by atoms with Crippen LogP contribution in [0.5, 0.6) is 0 Å². The van der Waals surface area contributed by atoms with Crippen LogP contribution in [0, 0.1) is 13.8 Å². The first-order valence-corrected chi connectivity index (χ1v) is 9.90. The topological polar surface area (TPSA) is 24.4 Å². The van der Waals surface area contributed by atoms with Crippen molar-refractivity contribution in [3.05, 3.63) is 70.4 Å². The van der Waals surface area contributed by atoms with Crippen molar-refractivity contribution in [1.82, 2.24) is 0 Å². The van der Waals surface area contributed by atoms with Crippen molar-refractivity contribution < 1.29 is 0 Å². The Labute approximate surface area is 165 Å².